The van der Waals surface area contributed by atoms with Crippen LogP contribution in [0.4, 0.5) is 10.5 Å². The molecule has 0 saturated carbocycles. The number of amides is 2. The normalized spacial score (nSPS) is 17.1. The number of H-pyrrole nitrogens is 1. The van der Waals surface area contributed by atoms with Gasteiger partial charge in [0.1, 0.15) is 6.04 Å². The molecule has 1 atom stereocenters. The van der Waals surface area contributed by atoms with Gasteiger partial charge in [-0.1, -0.05) is 0 Å². The van der Waals surface area contributed by atoms with Crippen molar-refractivity contribution in [1.29, 1.82) is 0 Å². The second-order valence-electron chi connectivity index (χ2n) is 4.69. The number of aliphatic carboxylic acids is 1. The number of carbonyl (C=O) groups is 2. The van der Waals surface area contributed by atoms with Crippen molar-refractivity contribution >= 4 is 17.7 Å². The summed E-state index contributed by atoms with van der Waals surface area (Å²) >= 11 is 0. The molecule has 8 heteroatoms. The number of carbonyl (C=O) groups excluding carboxylic acids is 1. The van der Waals surface area contributed by atoms with Crippen LogP contribution in [0.15, 0.2) is 30.9 Å². The lowest BCUT2D eigenvalue weighted by molar-refractivity contribution is -0.142. The van der Waals surface area contributed by atoms with E-state index in [4.69, 9.17) is 0 Å². The second kappa shape index (κ2) is 5.23. The zero-order valence-electron chi connectivity index (χ0n) is 11.0. The van der Waals surface area contributed by atoms with Crippen molar-refractivity contribution in [2.24, 2.45) is 0 Å². The summed E-state index contributed by atoms with van der Waals surface area (Å²) in [6.07, 6.45) is 4.79. The van der Waals surface area contributed by atoms with Gasteiger partial charge in [-0.2, -0.15) is 0 Å². The molecule has 0 radical (unpaired) electrons. The lowest BCUT2D eigenvalue weighted by atomic mass is 10.0. The first kappa shape index (κ1) is 13.1. The molecular weight excluding hydrogens is 274 g/mol. The Bertz CT molecular complexity index is 669. The summed E-state index contributed by atoms with van der Waals surface area (Å²) in [5, 5.41) is 12.0. The SMILES string of the molecule is O=C(O)C1Cc2nc[nH]c2CN1C(=O)Nc1cccnc1. The number of nitrogens with one attached hydrogen (secondary N) is 2. The van der Waals surface area contributed by atoms with Crippen molar-refractivity contribution in [2.45, 2.75) is 19.0 Å². The molecule has 2 aromatic heterocycles. The van der Waals surface area contributed by atoms with E-state index in [0.717, 1.165) is 5.69 Å². The van der Waals surface area contributed by atoms with Crippen molar-refractivity contribution < 1.29 is 14.7 Å². The maximum absolute atomic E-state index is 12.3. The monoisotopic (exact) mass is 287 g/mol. The lowest BCUT2D eigenvalue weighted by Gasteiger charge is -2.32. The molecule has 8 nitrogen and oxygen atoms in total. The van der Waals surface area contributed by atoms with Crippen LogP contribution in [0.25, 0.3) is 0 Å². The number of nitrogens with zero attached hydrogens (tertiary/aromatic N) is 3. The molecule has 2 amide bonds. The summed E-state index contributed by atoms with van der Waals surface area (Å²) < 4.78 is 0. The number of aromatic nitrogens is 3. The molecule has 0 spiro atoms. The highest BCUT2D eigenvalue weighted by Crippen LogP contribution is 2.21. The van der Waals surface area contributed by atoms with Gasteiger partial charge in [0.2, 0.25) is 0 Å². The van der Waals surface area contributed by atoms with Gasteiger partial charge in [-0.05, 0) is 12.1 Å². The third-order valence-electron chi connectivity index (χ3n) is 3.36. The first-order valence-electron chi connectivity index (χ1n) is 6.36. The summed E-state index contributed by atoms with van der Waals surface area (Å²) in [6.45, 7) is 0.179. The highest BCUT2D eigenvalue weighted by Gasteiger charge is 2.36. The van der Waals surface area contributed by atoms with Gasteiger partial charge in [0, 0.05) is 12.6 Å². The average Bonchev–Trinajstić information content (AvgIpc) is 2.94. The molecule has 0 aromatic carbocycles. The Morgan fingerprint density at radius 3 is 3.05 bits per heavy atom. The summed E-state index contributed by atoms with van der Waals surface area (Å²) in [5.74, 6) is -1.05. The molecule has 21 heavy (non-hydrogen) atoms. The maximum Gasteiger partial charge on any atom is 0.326 e. The van der Waals surface area contributed by atoms with Crippen LogP contribution >= 0.6 is 0 Å². The quantitative estimate of drug-likeness (QED) is 0.758. The summed E-state index contributed by atoms with van der Waals surface area (Å²) in [7, 11) is 0. The largest absolute Gasteiger partial charge is 0.480 e. The molecule has 3 heterocycles. The van der Waals surface area contributed by atoms with Gasteiger partial charge in [-0.15, -0.1) is 0 Å². The van der Waals surface area contributed by atoms with E-state index < -0.39 is 18.0 Å². The zero-order chi connectivity index (χ0) is 14.8. The van der Waals surface area contributed by atoms with Crippen molar-refractivity contribution in [3.05, 3.63) is 42.2 Å². The molecule has 0 fully saturated rings. The van der Waals surface area contributed by atoms with E-state index in [1.54, 1.807) is 18.3 Å². The van der Waals surface area contributed by atoms with E-state index in [1.807, 2.05) is 0 Å². The molecule has 0 saturated heterocycles. The molecule has 1 aliphatic rings. The molecular formula is C13H13N5O3. The maximum atomic E-state index is 12.3. The Morgan fingerprint density at radius 2 is 2.33 bits per heavy atom. The van der Waals surface area contributed by atoms with E-state index in [2.05, 4.69) is 20.3 Å². The number of carboxylic acids is 1. The van der Waals surface area contributed by atoms with Crippen LogP contribution in [0.5, 0.6) is 0 Å². The van der Waals surface area contributed by atoms with Gasteiger partial charge in [0.05, 0.1) is 36.1 Å². The lowest BCUT2D eigenvalue weighted by Crippen LogP contribution is -2.50. The standard InChI is InChI=1S/C13H13N5O3/c19-12(20)11-4-9-10(16-7-15-9)6-18(11)13(21)17-8-2-1-3-14-5-8/h1-3,5,7,11H,4,6H2,(H,15,16)(H,17,21)(H,19,20). The van der Waals surface area contributed by atoms with Crippen molar-refractivity contribution in [2.75, 3.05) is 5.32 Å². The van der Waals surface area contributed by atoms with Gasteiger partial charge in [0.15, 0.2) is 0 Å². The smallest absolute Gasteiger partial charge is 0.326 e. The van der Waals surface area contributed by atoms with E-state index >= 15 is 0 Å². The van der Waals surface area contributed by atoms with Crippen LogP contribution in [-0.4, -0.2) is 43.0 Å². The number of hydrogen-bond acceptors (Lipinski definition) is 4. The molecule has 3 rings (SSSR count). The fraction of sp³-hybridized carbons (Fsp3) is 0.231. The van der Waals surface area contributed by atoms with E-state index in [9.17, 15) is 14.7 Å². The van der Waals surface area contributed by atoms with Gasteiger partial charge < -0.3 is 20.3 Å². The predicted molar refractivity (Wildman–Crippen MR) is 72.5 cm³/mol. The number of imidazole rings is 1. The highest BCUT2D eigenvalue weighted by atomic mass is 16.4. The second-order valence-corrected chi connectivity index (χ2v) is 4.69. The number of aromatic amines is 1. The third kappa shape index (κ3) is 2.55. The number of carboxylic acid groups (broad SMARTS) is 1. The Hall–Kier alpha value is -2.90. The molecule has 0 bridgehead atoms. The molecule has 1 aliphatic heterocycles. The van der Waals surface area contributed by atoms with Gasteiger partial charge in [-0.25, -0.2) is 14.6 Å². The molecule has 108 valence electrons. The van der Waals surface area contributed by atoms with E-state index in [-0.39, 0.29) is 13.0 Å². The van der Waals surface area contributed by atoms with E-state index in [1.165, 1.54) is 17.4 Å². The zero-order valence-corrected chi connectivity index (χ0v) is 11.0. The molecule has 0 aliphatic carbocycles. The topological polar surface area (TPSA) is 111 Å². The fourth-order valence-corrected chi connectivity index (χ4v) is 2.30. The van der Waals surface area contributed by atoms with Crippen LogP contribution in [0.3, 0.4) is 0 Å². The van der Waals surface area contributed by atoms with Gasteiger partial charge in [-0.3, -0.25) is 4.98 Å². The molecule has 1 unspecified atom stereocenters. The Morgan fingerprint density at radius 1 is 1.48 bits per heavy atom. The Labute approximate surface area is 119 Å². The number of urea groups is 1. The van der Waals surface area contributed by atoms with Crippen molar-refractivity contribution in [1.82, 2.24) is 19.9 Å². The number of rotatable bonds is 2. The molecule has 3 N–H and O–H groups in total. The van der Waals surface area contributed by atoms with Crippen LogP contribution in [0.1, 0.15) is 11.4 Å². The number of anilines is 1. The summed E-state index contributed by atoms with van der Waals surface area (Å²) in [4.78, 5) is 35.9. The van der Waals surface area contributed by atoms with Crippen LogP contribution < -0.4 is 5.32 Å². The predicted octanol–water partition coefficient (Wildman–Crippen LogP) is 0.848. The third-order valence-corrected chi connectivity index (χ3v) is 3.36. The fourth-order valence-electron chi connectivity index (χ4n) is 2.30. The van der Waals surface area contributed by atoms with Gasteiger partial charge >= 0.3 is 12.0 Å². The van der Waals surface area contributed by atoms with Crippen LogP contribution in [-0.2, 0) is 17.8 Å². The summed E-state index contributed by atoms with van der Waals surface area (Å²) in [6, 6.07) is 1.97. The van der Waals surface area contributed by atoms with Crippen LogP contribution in [0.2, 0.25) is 0 Å². The van der Waals surface area contributed by atoms with Gasteiger partial charge in [0.25, 0.3) is 0 Å². The summed E-state index contributed by atoms with van der Waals surface area (Å²) in [5.41, 5.74) is 1.96. The average molecular weight is 287 g/mol. The van der Waals surface area contributed by atoms with Crippen molar-refractivity contribution in [3.63, 3.8) is 0 Å². The van der Waals surface area contributed by atoms with Crippen LogP contribution in [0, 0.1) is 0 Å². The first-order chi connectivity index (χ1) is 10.1. The minimum absolute atomic E-state index is 0.179. The Balaban J connectivity index is 1.82. The number of pyridine rings is 1. The minimum atomic E-state index is -1.05. The Kier molecular flexibility index (Phi) is 3.27. The molecule has 2 aromatic rings. The minimum Gasteiger partial charge on any atom is -0.480 e. The highest BCUT2D eigenvalue weighted by molar-refractivity contribution is 5.92. The number of hydrogen-bond donors (Lipinski definition) is 3. The van der Waals surface area contributed by atoms with E-state index in [0.29, 0.717) is 11.4 Å². The van der Waals surface area contributed by atoms with Crippen molar-refractivity contribution in [3.8, 4) is 0 Å². The number of fused-ring (bicyclic) bond motifs is 1. The first-order valence-corrected chi connectivity index (χ1v) is 6.36.